The quantitative estimate of drug-likeness (QED) is 0.281. The molecule has 2 aromatic heterocycles. The van der Waals surface area contributed by atoms with Crippen molar-refractivity contribution >= 4 is 10.9 Å². The molecule has 0 spiro atoms. The lowest BCUT2D eigenvalue weighted by atomic mass is 10.0. The smallest absolute Gasteiger partial charge is 0.0884 e. The van der Waals surface area contributed by atoms with Gasteiger partial charge in [-0.1, -0.05) is 97.1 Å². The van der Waals surface area contributed by atoms with E-state index in [4.69, 9.17) is 4.98 Å². The van der Waals surface area contributed by atoms with E-state index in [1.54, 1.807) is 0 Å². The molecule has 2 nitrogen and oxygen atoms in total. The normalized spacial score (nSPS) is 11.0. The minimum absolute atomic E-state index is 0.954. The summed E-state index contributed by atoms with van der Waals surface area (Å²) in [6, 6.07) is 46.6. The van der Waals surface area contributed by atoms with Crippen LogP contribution in [-0.4, -0.2) is 9.55 Å². The zero-order chi connectivity index (χ0) is 22.0. The van der Waals surface area contributed by atoms with Gasteiger partial charge < -0.3 is 4.57 Å². The number of fused-ring (bicyclic) bond motifs is 1. The standard InChI is InChI=1S/C31H22N2/c1-4-12-23(13-5-1)26-20-28(24-14-6-2-7-15-24)32-29(21-26)31-22-25-16-10-11-19-30(25)33(31)27-17-8-3-9-18-27/h1-22H. The summed E-state index contributed by atoms with van der Waals surface area (Å²) >= 11 is 0. The summed E-state index contributed by atoms with van der Waals surface area (Å²) in [6.45, 7) is 0. The SMILES string of the molecule is c1ccc(-c2cc(-c3ccccc3)nc(-c3cc4ccccc4n3-c3ccccc3)c2)cc1. The largest absolute Gasteiger partial charge is 0.308 e. The highest BCUT2D eigenvalue weighted by molar-refractivity contribution is 5.89. The highest BCUT2D eigenvalue weighted by atomic mass is 15.0. The highest BCUT2D eigenvalue weighted by Gasteiger charge is 2.16. The molecule has 33 heavy (non-hydrogen) atoms. The third-order valence-corrected chi connectivity index (χ3v) is 5.99. The Bertz CT molecular complexity index is 1470. The van der Waals surface area contributed by atoms with E-state index in [9.17, 15) is 0 Å². The third kappa shape index (κ3) is 3.62. The van der Waals surface area contributed by atoms with Crippen LogP contribution in [0.5, 0.6) is 0 Å². The molecule has 0 radical (unpaired) electrons. The second-order valence-corrected chi connectivity index (χ2v) is 8.12. The average Bonchev–Trinajstić information content (AvgIpc) is 3.30. The van der Waals surface area contributed by atoms with Crippen molar-refractivity contribution in [1.82, 2.24) is 9.55 Å². The fraction of sp³-hybridized carbons (Fsp3) is 0. The van der Waals surface area contributed by atoms with Crippen molar-refractivity contribution in [2.75, 3.05) is 0 Å². The number of benzene rings is 4. The first-order valence-electron chi connectivity index (χ1n) is 11.2. The summed E-state index contributed by atoms with van der Waals surface area (Å²) < 4.78 is 2.31. The van der Waals surface area contributed by atoms with E-state index in [-0.39, 0.29) is 0 Å². The Morgan fingerprint density at radius 1 is 0.455 bits per heavy atom. The minimum atomic E-state index is 0.954. The van der Waals surface area contributed by atoms with Gasteiger partial charge in [-0.15, -0.1) is 0 Å². The summed E-state index contributed by atoms with van der Waals surface area (Å²) in [7, 11) is 0. The first-order valence-corrected chi connectivity index (χ1v) is 11.2. The van der Waals surface area contributed by atoms with Crippen LogP contribution in [-0.2, 0) is 0 Å². The maximum Gasteiger partial charge on any atom is 0.0884 e. The van der Waals surface area contributed by atoms with Gasteiger partial charge in [0.1, 0.15) is 0 Å². The Morgan fingerprint density at radius 2 is 1.03 bits per heavy atom. The average molecular weight is 423 g/mol. The molecule has 0 saturated heterocycles. The molecular weight excluding hydrogens is 400 g/mol. The first-order chi connectivity index (χ1) is 16.4. The van der Waals surface area contributed by atoms with Gasteiger partial charge in [0.2, 0.25) is 0 Å². The molecule has 0 atom stereocenters. The van der Waals surface area contributed by atoms with Gasteiger partial charge >= 0.3 is 0 Å². The molecule has 4 aromatic carbocycles. The zero-order valence-electron chi connectivity index (χ0n) is 18.1. The van der Waals surface area contributed by atoms with Crippen LogP contribution in [0.15, 0.2) is 133 Å². The van der Waals surface area contributed by atoms with Gasteiger partial charge in [-0.2, -0.15) is 0 Å². The molecule has 6 aromatic rings. The highest BCUT2D eigenvalue weighted by Crippen LogP contribution is 2.34. The van der Waals surface area contributed by atoms with Crippen molar-refractivity contribution in [3.8, 4) is 39.5 Å². The molecule has 0 aliphatic rings. The van der Waals surface area contributed by atoms with Crippen LogP contribution in [0.25, 0.3) is 50.4 Å². The van der Waals surface area contributed by atoms with E-state index in [0.717, 1.165) is 33.9 Å². The molecule has 0 fully saturated rings. The Hall–Kier alpha value is -4.43. The third-order valence-electron chi connectivity index (χ3n) is 5.99. The van der Waals surface area contributed by atoms with Crippen molar-refractivity contribution in [1.29, 1.82) is 0 Å². The van der Waals surface area contributed by atoms with Crippen molar-refractivity contribution < 1.29 is 0 Å². The summed E-state index contributed by atoms with van der Waals surface area (Å²) in [5, 5.41) is 1.20. The number of aromatic nitrogens is 2. The predicted octanol–water partition coefficient (Wildman–Crippen LogP) is 8.03. The topological polar surface area (TPSA) is 17.8 Å². The Balaban J connectivity index is 1.65. The molecule has 2 heterocycles. The van der Waals surface area contributed by atoms with Crippen molar-refractivity contribution in [3.63, 3.8) is 0 Å². The van der Waals surface area contributed by atoms with Crippen molar-refractivity contribution in [3.05, 3.63) is 133 Å². The van der Waals surface area contributed by atoms with E-state index in [2.05, 4.69) is 132 Å². The van der Waals surface area contributed by atoms with Gasteiger partial charge in [-0.25, -0.2) is 4.98 Å². The van der Waals surface area contributed by atoms with Crippen molar-refractivity contribution in [2.24, 2.45) is 0 Å². The zero-order valence-corrected chi connectivity index (χ0v) is 18.1. The molecule has 6 rings (SSSR count). The van der Waals surface area contributed by atoms with Crippen molar-refractivity contribution in [2.45, 2.75) is 0 Å². The Morgan fingerprint density at radius 3 is 1.76 bits per heavy atom. The number of para-hydroxylation sites is 2. The van der Waals surface area contributed by atoms with Gasteiger partial charge in [-0.05, 0) is 47.5 Å². The Labute approximate surface area is 193 Å². The Kier molecular flexibility index (Phi) is 4.82. The lowest BCUT2D eigenvalue weighted by molar-refractivity contribution is 1.12. The molecule has 0 unspecified atom stereocenters. The van der Waals surface area contributed by atoms with Crippen LogP contribution >= 0.6 is 0 Å². The molecule has 0 amide bonds. The fourth-order valence-electron chi connectivity index (χ4n) is 4.41. The number of nitrogens with zero attached hydrogens (tertiary/aromatic N) is 2. The molecule has 0 aliphatic heterocycles. The number of rotatable bonds is 4. The van der Waals surface area contributed by atoms with E-state index in [1.165, 1.54) is 16.5 Å². The summed E-state index contributed by atoms with van der Waals surface area (Å²) in [4.78, 5) is 5.16. The summed E-state index contributed by atoms with van der Waals surface area (Å²) in [5.74, 6) is 0. The van der Waals surface area contributed by atoms with Gasteiger partial charge in [0.25, 0.3) is 0 Å². The summed E-state index contributed by atoms with van der Waals surface area (Å²) in [6.07, 6.45) is 0. The number of hydrogen-bond acceptors (Lipinski definition) is 1. The lowest BCUT2D eigenvalue weighted by Gasteiger charge is -2.14. The number of hydrogen-bond donors (Lipinski definition) is 0. The first kappa shape index (κ1) is 19.3. The molecule has 2 heteroatoms. The van der Waals surface area contributed by atoms with Crippen LogP contribution in [0.3, 0.4) is 0 Å². The fourth-order valence-corrected chi connectivity index (χ4v) is 4.41. The van der Waals surface area contributed by atoms with E-state index in [1.807, 2.05) is 6.07 Å². The van der Waals surface area contributed by atoms with Crippen LogP contribution in [0.1, 0.15) is 0 Å². The maximum absolute atomic E-state index is 5.16. The van der Waals surface area contributed by atoms with Gasteiger partial charge in [0.05, 0.1) is 22.6 Å². The van der Waals surface area contributed by atoms with Gasteiger partial charge in [0.15, 0.2) is 0 Å². The van der Waals surface area contributed by atoms with Crippen LogP contribution in [0, 0.1) is 0 Å². The molecule has 0 bridgehead atoms. The molecular formula is C31H22N2. The minimum Gasteiger partial charge on any atom is -0.308 e. The van der Waals surface area contributed by atoms with E-state index < -0.39 is 0 Å². The van der Waals surface area contributed by atoms with Gasteiger partial charge in [-0.3, -0.25) is 0 Å². The van der Waals surface area contributed by atoms with Crippen LogP contribution in [0.2, 0.25) is 0 Å². The van der Waals surface area contributed by atoms with Crippen LogP contribution in [0.4, 0.5) is 0 Å². The van der Waals surface area contributed by atoms with Gasteiger partial charge in [0, 0.05) is 16.6 Å². The predicted molar refractivity (Wildman–Crippen MR) is 137 cm³/mol. The summed E-state index contributed by atoms with van der Waals surface area (Å²) in [5.41, 5.74) is 8.75. The van der Waals surface area contributed by atoms with E-state index >= 15 is 0 Å². The second kappa shape index (κ2) is 8.25. The van der Waals surface area contributed by atoms with E-state index in [0.29, 0.717) is 0 Å². The second-order valence-electron chi connectivity index (χ2n) is 8.12. The molecule has 0 aliphatic carbocycles. The lowest BCUT2D eigenvalue weighted by Crippen LogP contribution is -1.99. The maximum atomic E-state index is 5.16. The van der Waals surface area contributed by atoms with Crippen LogP contribution < -0.4 is 0 Å². The molecule has 156 valence electrons. The molecule has 0 N–H and O–H groups in total. The monoisotopic (exact) mass is 422 g/mol. The molecule has 0 saturated carbocycles. The number of pyridine rings is 1.